The Bertz CT molecular complexity index is 1050. The maximum absolute atomic E-state index is 12.7. The SMILES string of the molecule is Cc1ccc(-c2noc(CN3CCC(C(=O)Nc4ccc(C(F)(F)F)cc4)CC3)n2)cc1. The predicted octanol–water partition coefficient (Wildman–Crippen LogP) is 4.91. The van der Waals surface area contributed by atoms with E-state index in [4.69, 9.17) is 4.52 Å². The van der Waals surface area contributed by atoms with E-state index in [1.54, 1.807) is 0 Å². The molecular weight excluding hydrogens is 421 g/mol. The molecule has 1 amide bonds. The topological polar surface area (TPSA) is 71.3 Å². The zero-order chi connectivity index (χ0) is 22.7. The summed E-state index contributed by atoms with van der Waals surface area (Å²) in [6, 6.07) is 12.4. The number of hydrogen-bond donors (Lipinski definition) is 1. The van der Waals surface area contributed by atoms with Gasteiger partial charge in [0.05, 0.1) is 12.1 Å². The highest BCUT2D eigenvalue weighted by Crippen LogP contribution is 2.30. The zero-order valence-electron chi connectivity index (χ0n) is 17.5. The number of carbonyl (C=O) groups excluding carboxylic acids is 1. The molecule has 0 aliphatic carbocycles. The van der Waals surface area contributed by atoms with E-state index in [0.717, 1.165) is 23.3 Å². The number of aryl methyl sites for hydroxylation is 1. The maximum atomic E-state index is 12.7. The van der Waals surface area contributed by atoms with E-state index >= 15 is 0 Å². The second-order valence-electron chi connectivity index (χ2n) is 7.99. The summed E-state index contributed by atoms with van der Waals surface area (Å²) < 4.78 is 43.4. The van der Waals surface area contributed by atoms with Crippen molar-refractivity contribution >= 4 is 11.6 Å². The molecule has 1 aliphatic heterocycles. The average molecular weight is 444 g/mol. The lowest BCUT2D eigenvalue weighted by Crippen LogP contribution is -2.37. The van der Waals surface area contributed by atoms with Crippen LogP contribution in [0.1, 0.15) is 29.9 Å². The van der Waals surface area contributed by atoms with Gasteiger partial charge in [-0.05, 0) is 57.1 Å². The van der Waals surface area contributed by atoms with E-state index < -0.39 is 11.7 Å². The molecular formula is C23H23F3N4O2. The molecule has 1 N–H and O–H groups in total. The number of amides is 1. The third kappa shape index (κ3) is 5.34. The van der Waals surface area contributed by atoms with Gasteiger partial charge in [-0.1, -0.05) is 35.0 Å². The smallest absolute Gasteiger partial charge is 0.338 e. The fraction of sp³-hybridized carbons (Fsp3) is 0.348. The van der Waals surface area contributed by atoms with Gasteiger partial charge in [0.25, 0.3) is 0 Å². The number of piperidine rings is 1. The molecule has 168 valence electrons. The molecule has 2 heterocycles. The molecule has 3 aromatic rings. The summed E-state index contributed by atoms with van der Waals surface area (Å²) >= 11 is 0. The number of nitrogens with one attached hydrogen (secondary N) is 1. The standard InChI is InChI=1S/C23H23F3N4O2/c1-15-2-4-16(5-3-15)21-28-20(32-29-21)14-30-12-10-17(11-13-30)22(31)27-19-8-6-18(7-9-19)23(24,25)26/h2-9,17H,10-14H2,1H3,(H,27,31). The van der Waals surface area contributed by atoms with Gasteiger partial charge in [0, 0.05) is 17.2 Å². The Balaban J connectivity index is 1.27. The van der Waals surface area contributed by atoms with E-state index in [9.17, 15) is 18.0 Å². The molecule has 1 saturated heterocycles. The Hall–Kier alpha value is -3.20. The lowest BCUT2D eigenvalue weighted by atomic mass is 9.96. The first kappa shape index (κ1) is 22.0. The molecule has 1 aromatic heterocycles. The zero-order valence-corrected chi connectivity index (χ0v) is 17.5. The first-order chi connectivity index (χ1) is 15.3. The highest BCUT2D eigenvalue weighted by molar-refractivity contribution is 5.92. The Morgan fingerprint density at radius 2 is 1.75 bits per heavy atom. The summed E-state index contributed by atoms with van der Waals surface area (Å²) in [5.74, 6) is 0.697. The molecule has 9 heteroatoms. The van der Waals surface area contributed by atoms with Gasteiger partial charge in [-0.2, -0.15) is 18.2 Å². The van der Waals surface area contributed by atoms with Crippen LogP contribution in [-0.4, -0.2) is 34.0 Å². The highest BCUT2D eigenvalue weighted by atomic mass is 19.4. The van der Waals surface area contributed by atoms with Crippen molar-refractivity contribution in [2.75, 3.05) is 18.4 Å². The normalized spacial score (nSPS) is 15.6. The summed E-state index contributed by atoms with van der Waals surface area (Å²) in [5.41, 5.74) is 1.67. The van der Waals surface area contributed by atoms with Crippen molar-refractivity contribution in [3.05, 3.63) is 65.5 Å². The Labute approximate surface area is 183 Å². The number of rotatable bonds is 5. The summed E-state index contributed by atoms with van der Waals surface area (Å²) in [4.78, 5) is 19.1. The second-order valence-corrected chi connectivity index (χ2v) is 7.99. The minimum absolute atomic E-state index is 0.177. The third-order valence-corrected chi connectivity index (χ3v) is 5.57. The van der Waals surface area contributed by atoms with Gasteiger partial charge in [-0.25, -0.2) is 0 Å². The minimum atomic E-state index is -4.39. The van der Waals surface area contributed by atoms with Crippen LogP contribution in [0.15, 0.2) is 53.1 Å². The largest absolute Gasteiger partial charge is 0.416 e. The van der Waals surface area contributed by atoms with Gasteiger partial charge in [0.15, 0.2) is 0 Å². The Kier molecular flexibility index (Phi) is 6.27. The Morgan fingerprint density at radius 3 is 2.38 bits per heavy atom. The van der Waals surface area contributed by atoms with Crippen LogP contribution < -0.4 is 5.32 Å². The molecule has 0 saturated carbocycles. The van der Waals surface area contributed by atoms with Crippen LogP contribution in [0.3, 0.4) is 0 Å². The fourth-order valence-corrected chi connectivity index (χ4v) is 3.67. The van der Waals surface area contributed by atoms with Gasteiger partial charge in [-0.3, -0.25) is 9.69 Å². The van der Waals surface area contributed by atoms with Gasteiger partial charge in [-0.15, -0.1) is 0 Å². The van der Waals surface area contributed by atoms with Crippen molar-refractivity contribution < 1.29 is 22.5 Å². The second kappa shape index (κ2) is 9.12. The van der Waals surface area contributed by atoms with Crippen molar-refractivity contribution in [3.63, 3.8) is 0 Å². The van der Waals surface area contributed by atoms with E-state index in [0.29, 0.717) is 49.9 Å². The molecule has 2 aromatic carbocycles. The third-order valence-electron chi connectivity index (χ3n) is 5.57. The monoisotopic (exact) mass is 444 g/mol. The van der Waals surface area contributed by atoms with Crippen LogP contribution in [0.4, 0.5) is 18.9 Å². The predicted molar refractivity (Wildman–Crippen MR) is 113 cm³/mol. The van der Waals surface area contributed by atoms with E-state index in [1.807, 2.05) is 31.2 Å². The molecule has 6 nitrogen and oxygen atoms in total. The van der Waals surface area contributed by atoms with Crippen molar-refractivity contribution in [1.29, 1.82) is 0 Å². The lowest BCUT2D eigenvalue weighted by molar-refractivity contribution is -0.137. The number of aromatic nitrogens is 2. The lowest BCUT2D eigenvalue weighted by Gasteiger charge is -2.30. The maximum Gasteiger partial charge on any atom is 0.416 e. The van der Waals surface area contributed by atoms with Crippen LogP contribution in [0.2, 0.25) is 0 Å². The molecule has 4 rings (SSSR count). The minimum Gasteiger partial charge on any atom is -0.338 e. The van der Waals surface area contributed by atoms with E-state index in [2.05, 4.69) is 20.4 Å². The summed E-state index contributed by atoms with van der Waals surface area (Å²) in [6.07, 6.45) is -3.11. The van der Waals surface area contributed by atoms with Crippen LogP contribution in [-0.2, 0) is 17.5 Å². The summed E-state index contributed by atoms with van der Waals surface area (Å²) in [5, 5.41) is 6.76. The first-order valence-corrected chi connectivity index (χ1v) is 10.4. The number of halogens is 3. The highest BCUT2D eigenvalue weighted by Gasteiger charge is 2.30. The molecule has 1 fully saturated rings. The molecule has 0 spiro atoms. The summed E-state index contributed by atoms with van der Waals surface area (Å²) in [7, 11) is 0. The molecule has 0 radical (unpaired) electrons. The average Bonchev–Trinajstić information content (AvgIpc) is 3.23. The van der Waals surface area contributed by atoms with Crippen molar-refractivity contribution in [2.45, 2.75) is 32.5 Å². The van der Waals surface area contributed by atoms with Crippen LogP contribution in [0, 0.1) is 12.8 Å². The fourth-order valence-electron chi connectivity index (χ4n) is 3.67. The molecule has 0 atom stereocenters. The molecule has 0 bridgehead atoms. The number of alkyl halides is 3. The van der Waals surface area contributed by atoms with Gasteiger partial charge in [0.1, 0.15) is 0 Å². The Morgan fingerprint density at radius 1 is 1.09 bits per heavy atom. The van der Waals surface area contributed by atoms with E-state index in [1.165, 1.54) is 12.1 Å². The first-order valence-electron chi connectivity index (χ1n) is 10.4. The van der Waals surface area contributed by atoms with Crippen molar-refractivity contribution in [3.8, 4) is 11.4 Å². The molecule has 1 aliphatic rings. The van der Waals surface area contributed by atoms with Crippen LogP contribution in [0.25, 0.3) is 11.4 Å². The van der Waals surface area contributed by atoms with Crippen molar-refractivity contribution in [2.24, 2.45) is 5.92 Å². The van der Waals surface area contributed by atoms with Gasteiger partial charge < -0.3 is 9.84 Å². The van der Waals surface area contributed by atoms with Crippen LogP contribution >= 0.6 is 0 Å². The number of nitrogens with zero attached hydrogens (tertiary/aromatic N) is 3. The molecule has 0 unspecified atom stereocenters. The van der Waals surface area contributed by atoms with Gasteiger partial charge in [0.2, 0.25) is 17.6 Å². The van der Waals surface area contributed by atoms with E-state index in [-0.39, 0.29) is 11.8 Å². The van der Waals surface area contributed by atoms with Crippen LogP contribution in [0.5, 0.6) is 0 Å². The number of likely N-dealkylation sites (tertiary alicyclic amines) is 1. The number of hydrogen-bond acceptors (Lipinski definition) is 5. The number of benzene rings is 2. The van der Waals surface area contributed by atoms with Crippen molar-refractivity contribution in [1.82, 2.24) is 15.0 Å². The summed E-state index contributed by atoms with van der Waals surface area (Å²) in [6.45, 7) is 3.89. The quantitative estimate of drug-likeness (QED) is 0.605. The van der Waals surface area contributed by atoms with Gasteiger partial charge >= 0.3 is 6.18 Å². The molecule has 32 heavy (non-hydrogen) atoms. The number of carbonyl (C=O) groups is 1. The number of anilines is 1.